The lowest BCUT2D eigenvalue weighted by Gasteiger charge is -2.17. The molecule has 1 aromatic heterocycles. The highest BCUT2D eigenvalue weighted by Gasteiger charge is 2.21. The predicted molar refractivity (Wildman–Crippen MR) is 108 cm³/mol. The van der Waals surface area contributed by atoms with Gasteiger partial charge < -0.3 is 9.73 Å². The Morgan fingerprint density at radius 1 is 0.741 bits per heavy atom. The highest BCUT2D eigenvalue weighted by molar-refractivity contribution is 6.30. The van der Waals surface area contributed by atoms with Crippen molar-refractivity contribution < 1.29 is 4.42 Å². The van der Waals surface area contributed by atoms with Crippen LogP contribution in [-0.4, -0.2) is 10.2 Å². The van der Waals surface area contributed by atoms with Crippen LogP contribution in [0.4, 0.5) is 5.69 Å². The van der Waals surface area contributed by atoms with Crippen molar-refractivity contribution in [2.24, 2.45) is 0 Å². The standard InChI is InChI=1S/C21H15Cl2N3O/c22-16-8-6-14(7-9-16)19(24-18-12-10-17(23)11-13-18)21-26-25-20(27-21)15-4-2-1-3-5-15/h1-13,19,24H/t19-/m1/s1. The molecule has 0 aliphatic carbocycles. The number of rotatable bonds is 5. The van der Waals surface area contributed by atoms with Crippen LogP contribution in [-0.2, 0) is 0 Å². The van der Waals surface area contributed by atoms with Gasteiger partial charge >= 0.3 is 0 Å². The minimum Gasteiger partial charge on any atom is -0.418 e. The number of aromatic nitrogens is 2. The van der Waals surface area contributed by atoms with Crippen molar-refractivity contribution in [1.29, 1.82) is 0 Å². The summed E-state index contributed by atoms with van der Waals surface area (Å²) in [5.41, 5.74) is 2.72. The third-order valence-corrected chi connectivity index (χ3v) is 4.57. The van der Waals surface area contributed by atoms with Crippen molar-refractivity contribution in [2.75, 3.05) is 5.32 Å². The predicted octanol–water partition coefficient (Wildman–Crippen LogP) is 6.24. The van der Waals surface area contributed by atoms with E-state index in [0.29, 0.717) is 21.8 Å². The first-order chi connectivity index (χ1) is 13.2. The van der Waals surface area contributed by atoms with Crippen LogP contribution in [0.25, 0.3) is 11.5 Å². The highest BCUT2D eigenvalue weighted by Crippen LogP contribution is 2.29. The van der Waals surface area contributed by atoms with E-state index in [1.54, 1.807) is 0 Å². The van der Waals surface area contributed by atoms with Gasteiger partial charge in [0.15, 0.2) is 0 Å². The normalized spacial score (nSPS) is 11.9. The van der Waals surface area contributed by atoms with Crippen molar-refractivity contribution in [3.05, 3.63) is 100 Å². The Labute approximate surface area is 166 Å². The molecule has 0 unspecified atom stereocenters. The zero-order chi connectivity index (χ0) is 18.6. The zero-order valence-corrected chi connectivity index (χ0v) is 15.7. The highest BCUT2D eigenvalue weighted by atomic mass is 35.5. The molecule has 3 aromatic carbocycles. The lowest BCUT2D eigenvalue weighted by molar-refractivity contribution is 0.494. The minimum atomic E-state index is -0.326. The van der Waals surface area contributed by atoms with Crippen molar-refractivity contribution in [3.8, 4) is 11.5 Å². The van der Waals surface area contributed by atoms with E-state index in [1.807, 2.05) is 78.9 Å². The molecule has 0 saturated carbocycles. The van der Waals surface area contributed by atoms with E-state index in [9.17, 15) is 0 Å². The maximum absolute atomic E-state index is 6.04. The summed E-state index contributed by atoms with van der Waals surface area (Å²) < 4.78 is 5.97. The van der Waals surface area contributed by atoms with Crippen LogP contribution < -0.4 is 5.32 Å². The molecule has 0 radical (unpaired) electrons. The maximum atomic E-state index is 6.04. The van der Waals surface area contributed by atoms with Gasteiger partial charge in [0, 0.05) is 21.3 Å². The van der Waals surface area contributed by atoms with E-state index in [-0.39, 0.29) is 6.04 Å². The smallest absolute Gasteiger partial charge is 0.247 e. The number of nitrogens with one attached hydrogen (secondary N) is 1. The van der Waals surface area contributed by atoms with E-state index >= 15 is 0 Å². The summed E-state index contributed by atoms with van der Waals surface area (Å²) in [6.45, 7) is 0. The second kappa shape index (κ2) is 7.82. The number of nitrogens with zero attached hydrogens (tertiary/aromatic N) is 2. The van der Waals surface area contributed by atoms with Crippen molar-refractivity contribution in [1.82, 2.24) is 10.2 Å². The van der Waals surface area contributed by atoms with Crippen LogP contribution in [0.5, 0.6) is 0 Å². The Balaban J connectivity index is 1.70. The van der Waals surface area contributed by atoms with Gasteiger partial charge in [-0.05, 0) is 54.1 Å². The Kier molecular flexibility index (Phi) is 5.10. The third kappa shape index (κ3) is 4.13. The van der Waals surface area contributed by atoms with Gasteiger partial charge in [0.2, 0.25) is 11.8 Å². The quantitative estimate of drug-likeness (QED) is 0.434. The fourth-order valence-electron chi connectivity index (χ4n) is 2.70. The molecule has 0 amide bonds. The van der Waals surface area contributed by atoms with Crippen LogP contribution in [0.2, 0.25) is 10.0 Å². The molecule has 0 saturated heterocycles. The first-order valence-electron chi connectivity index (χ1n) is 8.35. The molecule has 0 aliphatic heterocycles. The first kappa shape index (κ1) is 17.6. The van der Waals surface area contributed by atoms with E-state index in [1.165, 1.54) is 0 Å². The fourth-order valence-corrected chi connectivity index (χ4v) is 2.96. The maximum Gasteiger partial charge on any atom is 0.247 e. The van der Waals surface area contributed by atoms with Gasteiger partial charge in [-0.3, -0.25) is 0 Å². The summed E-state index contributed by atoms with van der Waals surface area (Å²) in [6.07, 6.45) is 0. The summed E-state index contributed by atoms with van der Waals surface area (Å²) in [4.78, 5) is 0. The monoisotopic (exact) mass is 395 g/mol. The van der Waals surface area contributed by atoms with Gasteiger partial charge in [-0.15, -0.1) is 10.2 Å². The second-order valence-electron chi connectivity index (χ2n) is 5.95. The van der Waals surface area contributed by atoms with E-state index in [2.05, 4.69) is 15.5 Å². The van der Waals surface area contributed by atoms with Gasteiger partial charge in [-0.2, -0.15) is 0 Å². The Morgan fingerprint density at radius 2 is 1.37 bits per heavy atom. The molecule has 134 valence electrons. The topological polar surface area (TPSA) is 51.0 Å². The molecule has 0 spiro atoms. The molecule has 4 aromatic rings. The average molecular weight is 396 g/mol. The SMILES string of the molecule is Clc1ccc(N[C@H](c2ccc(Cl)cc2)c2nnc(-c3ccccc3)o2)cc1. The van der Waals surface area contributed by atoms with Gasteiger partial charge in [0.1, 0.15) is 6.04 Å². The molecule has 1 N–H and O–H groups in total. The van der Waals surface area contributed by atoms with Crippen molar-refractivity contribution in [3.63, 3.8) is 0 Å². The van der Waals surface area contributed by atoms with Gasteiger partial charge in [-0.25, -0.2) is 0 Å². The Bertz CT molecular complexity index is 1020. The third-order valence-electron chi connectivity index (χ3n) is 4.07. The summed E-state index contributed by atoms with van der Waals surface area (Å²) in [5, 5.41) is 13.2. The van der Waals surface area contributed by atoms with E-state index in [4.69, 9.17) is 27.6 Å². The number of hydrogen-bond acceptors (Lipinski definition) is 4. The largest absolute Gasteiger partial charge is 0.418 e. The van der Waals surface area contributed by atoms with Crippen LogP contribution in [0.15, 0.2) is 83.3 Å². The Hall–Kier alpha value is -2.82. The number of halogens is 2. The van der Waals surface area contributed by atoms with Gasteiger partial charge in [0.05, 0.1) is 0 Å². The van der Waals surface area contributed by atoms with E-state index < -0.39 is 0 Å². The number of anilines is 1. The summed E-state index contributed by atoms with van der Waals surface area (Å²) in [5.74, 6) is 0.939. The fraction of sp³-hybridized carbons (Fsp3) is 0.0476. The molecule has 4 nitrogen and oxygen atoms in total. The molecule has 1 heterocycles. The van der Waals surface area contributed by atoms with E-state index in [0.717, 1.165) is 16.8 Å². The lowest BCUT2D eigenvalue weighted by atomic mass is 10.1. The molecule has 1 atom stereocenters. The average Bonchev–Trinajstić information content (AvgIpc) is 3.19. The molecule has 4 rings (SSSR count). The minimum absolute atomic E-state index is 0.326. The number of benzene rings is 3. The van der Waals surface area contributed by atoms with Gasteiger partial charge in [-0.1, -0.05) is 53.5 Å². The van der Waals surface area contributed by atoms with Crippen LogP contribution >= 0.6 is 23.2 Å². The molecule has 27 heavy (non-hydrogen) atoms. The van der Waals surface area contributed by atoms with Crippen LogP contribution in [0.1, 0.15) is 17.5 Å². The molecular formula is C21H15Cl2N3O. The molecular weight excluding hydrogens is 381 g/mol. The molecule has 0 bridgehead atoms. The lowest BCUT2D eigenvalue weighted by Crippen LogP contribution is -2.12. The van der Waals surface area contributed by atoms with Crippen molar-refractivity contribution >= 4 is 28.9 Å². The summed E-state index contributed by atoms with van der Waals surface area (Å²) >= 11 is 12.0. The molecule has 6 heteroatoms. The zero-order valence-electron chi connectivity index (χ0n) is 14.1. The van der Waals surface area contributed by atoms with Crippen LogP contribution in [0, 0.1) is 0 Å². The second-order valence-corrected chi connectivity index (χ2v) is 6.82. The van der Waals surface area contributed by atoms with Crippen molar-refractivity contribution in [2.45, 2.75) is 6.04 Å². The van der Waals surface area contributed by atoms with Gasteiger partial charge in [0.25, 0.3) is 0 Å². The van der Waals surface area contributed by atoms with Crippen LogP contribution in [0.3, 0.4) is 0 Å². The molecule has 0 aliphatic rings. The summed E-state index contributed by atoms with van der Waals surface area (Å²) in [7, 11) is 0. The number of hydrogen-bond donors (Lipinski definition) is 1. The summed E-state index contributed by atoms with van der Waals surface area (Å²) in [6, 6.07) is 24.3. The Morgan fingerprint density at radius 3 is 2.04 bits per heavy atom. The first-order valence-corrected chi connectivity index (χ1v) is 9.11. The molecule has 0 fully saturated rings.